The van der Waals surface area contributed by atoms with Gasteiger partial charge < -0.3 is 37.2 Å². The topological polar surface area (TPSA) is 0 Å². The molecule has 1 aliphatic rings. The molecule has 1 unspecified atom stereocenters. The van der Waals surface area contributed by atoms with Crippen molar-refractivity contribution in [2.75, 3.05) is 0 Å². The van der Waals surface area contributed by atoms with E-state index in [0.717, 1.165) is 0 Å². The van der Waals surface area contributed by atoms with Gasteiger partial charge in [-0.15, -0.1) is 6.92 Å². The molecule has 4 rings (SSSR count). The summed E-state index contributed by atoms with van der Waals surface area (Å²) in [5, 5.41) is 14.7. The van der Waals surface area contributed by atoms with Crippen LogP contribution in [0.4, 0.5) is 0 Å². The molecule has 0 N–H and O–H groups in total. The number of halogens is 3. The monoisotopic (exact) mass is 1010 g/mol. The van der Waals surface area contributed by atoms with E-state index in [1.165, 1.54) is 11.1 Å². The van der Waals surface area contributed by atoms with Crippen molar-refractivity contribution in [2.45, 2.75) is 171 Å². The van der Waals surface area contributed by atoms with Crippen molar-refractivity contribution >= 4 is 103 Å². The zero-order valence-electron chi connectivity index (χ0n) is 42.1. The van der Waals surface area contributed by atoms with Crippen LogP contribution in [0.3, 0.4) is 0 Å². The second kappa shape index (κ2) is 19.0. The standard InChI is InChI=1S/C48H81Si7.3ClH.Ti/c1-33-32-48(7,38(6)34(33)2)55(45-29-39(49(8,9)10)26-42(35(45)3)52(17,18)19,46-30-40(50(11,12)13)27-43(36(46)4)53(20,21)22)47-31-41(51(14,15)16)28-44(37(47)5)54(23,24)25;;;;/h26-31H,1-25H3;3*1H;/q-1;;;;+4/p-3. The fourth-order valence-corrected chi connectivity index (χ4v) is 26.9. The third-order valence-electron chi connectivity index (χ3n) is 13.5. The van der Waals surface area contributed by atoms with E-state index in [0.29, 0.717) is 0 Å². The quantitative estimate of drug-likeness (QED) is 0.155. The van der Waals surface area contributed by atoms with Gasteiger partial charge in [0.2, 0.25) is 0 Å². The number of rotatable bonds is 10. The molecule has 1 aliphatic carbocycles. The summed E-state index contributed by atoms with van der Waals surface area (Å²) < 4.78 is 0. The molecular weight excluding hydrogens is 927 g/mol. The van der Waals surface area contributed by atoms with E-state index in [9.17, 15) is 0 Å². The number of allylic oxidation sites excluding steroid dienone is 4. The molecule has 11 heteroatoms. The van der Waals surface area contributed by atoms with Gasteiger partial charge in [0.15, 0.2) is 0 Å². The van der Waals surface area contributed by atoms with Crippen LogP contribution < -0.4 is 83.9 Å². The molecule has 0 radical (unpaired) electrons. The van der Waals surface area contributed by atoms with Crippen molar-refractivity contribution < 1.29 is 58.9 Å². The number of hydrogen-bond donors (Lipinski definition) is 0. The van der Waals surface area contributed by atoms with Crippen molar-refractivity contribution in [3.8, 4) is 0 Å². The van der Waals surface area contributed by atoms with Crippen LogP contribution in [0.1, 0.15) is 44.4 Å². The van der Waals surface area contributed by atoms with Gasteiger partial charge in [0, 0.05) is 0 Å². The summed E-state index contributed by atoms with van der Waals surface area (Å²) >= 11 is 0. The average Bonchev–Trinajstić information content (AvgIpc) is 3.18. The Morgan fingerprint density at radius 1 is 0.373 bits per heavy atom. The van der Waals surface area contributed by atoms with Crippen molar-refractivity contribution in [3.05, 3.63) is 75.9 Å². The molecule has 0 fully saturated rings. The first kappa shape index (κ1) is 59.2. The van der Waals surface area contributed by atoms with Crippen LogP contribution in [0, 0.1) is 26.8 Å². The maximum absolute atomic E-state index is 4.47. The Morgan fingerprint density at radius 2 is 0.593 bits per heavy atom. The molecule has 0 amide bonds. The molecule has 0 saturated carbocycles. The van der Waals surface area contributed by atoms with E-state index in [1.807, 2.05) is 0 Å². The van der Waals surface area contributed by atoms with E-state index >= 15 is 0 Å². The second-order valence-corrected chi connectivity index (χ2v) is 58.4. The average molecular weight is 1010 g/mol. The van der Waals surface area contributed by atoms with Gasteiger partial charge in [-0.25, -0.2) is 5.57 Å². The van der Waals surface area contributed by atoms with Crippen molar-refractivity contribution in [1.29, 1.82) is 0 Å². The Morgan fingerprint density at radius 3 is 0.763 bits per heavy atom. The van der Waals surface area contributed by atoms with Gasteiger partial charge in [-0.2, -0.15) is 11.1 Å². The van der Waals surface area contributed by atoms with Crippen molar-refractivity contribution in [1.82, 2.24) is 0 Å². The summed E-state index contributed by atoms with van der Waals surface area (Å²) in [7, 11) is -13.6. The number of hydrogen-bond acceptors (Lipinski definition) is 0. The third-order valence-corrected chi connectivity index (χ3v) is 32.0. The summed E-state index contributed by atoms with van der Waals surface area (Å²) in [6.45, 7) is 64.3. The van der Waals surface area contributed by atoms with Crippen molar-refractivity contribution in [2.24, 2.45) is 0 Å². The fourth-order valence-electron chi connectivity index (χ4n) is 9.78. The Labute approximate surface area is 405 Å². The van der Waals surface area contributed by atoms with Gasteiger partial charge in [-0.3, -0.25) is 6.08 Å². The molecule has 1 atom stereocenters. The predicted molar refractivity (Wildman–Crippen MR) is 275 cm³/mol. The fraction of sp³-hybridized carbons (Fsp3) is 0.542. The minimum Gasteiger partial charge on any atom is -1.00 e. The van der Waals surface area contributed by atoms with E-state index in [2.05, 4.69) is 209 Å². The number of benzene rings is 3. The summed E-state index contributed by atoms with van der Waals surface area (Å²) in [5.74, 6) is 0. The largest absolute Gasteiger partial charge is 4.00 e. The molecule has 3 aromatic rings. The Bertz CT molecular complexity index is 1900. The van der Waals surface area contributed by atoms with Crippen LogP contribution in [-0.4, -0.2) is 56.5 Å². The zero-order valence-corrected chi connectivity index (χ0v) is 52.9. The molecule has 0 heterocycles. The second-order valence-electron chi connectivity index (χ2n) is 24.0. The van der Waals surface area contributed by atoms with Gasteiger partial charge >= 0.3 is 21.7 Å². The molecule has 59 heavy (non-hydrogen) atoms. The van der Waals surface area contributed by atoms with Crippen LogP contribution in [0.5, 0.6) is 0 Å². The molecule has 0 spiro atoms. The molecule has 0 aliphatic heterocycles. The van der Waals surface area contributed by atoms with Gasteiger partial charge in [-0.05, 0) is 36.3 Å². The molecule has 0 bridgehead atoms. The van der Waals surface area contributed by atoms with Crippen LogP contribution in [0.25, 0.3) is 0 Å². The first-order chi connectivity index (χ1) is 24.4. The Balaban J connectivity index is 0.00000841. The first-order valence-electron chi connectivity index (χ1n) is 21.2. The third kappa shape index (κ3) is 10.9. The molecule has 3 aromatic carbocycles. The minimum atomic E-state index is -3.11. The van der Waals surface area contributed by atoms with Crippen LogP contribution in [-0.2, 0) is 21.7 Å². The maximum atomic E-state index is 4.47. The van der Waals surface area contributed by atoms with Gasteiger partial charge in [0.25, 0.3) is 0 Å². The van der Waals surface area contributed by atoms with Gasteiger partial charge in [0.05, 0.1) is 48.4 Å². The molecule has 0 nitrogen and oxygen atoms in total. The summed E-state index contributed by atoms with van der Waals surface area (Å²) in [4.78, 5) is 0. The van der Waals surface area contributed by atoms with E-state index in [-0.39, 0.29) is 64.0 Å². The minimum absolute atomic E-state index is 0. The normalized spacial score (nSPS) is 16.8. The van der Waals surface area contributed by atoms with E-state index in [4.69, 9.17) is 0 Å². The maximum Gasteiger partial charge on any atom is 4.00 e. The summed E-state index contributed by atoms with van der Waals surface area (Å²) in [6.07, 6.45) is 4.47. The summed E-state index contributed by atoms with van der Waals surface area (Å²) in [5.41, 5.74) is 9.12. The SMILES string of the molecule is CC1=[C-]C(C)([Si](c2cc([Si](C)(C)C)cc([Si](C)(C)C)c2C)(c2cc([Si](C)(C)C)cc([Si](C)(C)C)c2C)c2cc([Si](C)(C)C)cc([Si](C)(C)C)c2C)C(C)=C1C.[Cl-].[Cl-].[Cl-].[Ti+4]. The van der Waals surface area contributed by atoms with Gasteiger partial charge in [-0.1, -0.05) is 228 Å². The Hall–Kier alpha value is 0.242. The van der Waals surface area contributed by atoms with E-state index in [1.54, 1.807) is 68.9 Å². The predicted octanol–water partition coefficient (Wildman–Crippen LogP) is 0.223. The van der Waals surface area contributed by atoms with Crippen molar-refractivity contribution in [3.63, 3.8) is 0 Å². The van der Waals surface area contributed by atoms with Crippen LogP contribution in [0.15, 0.2) is 53.1 Å². The molecule has 0 aromatic heterocycles. The van der Waals surface area contributed by atoms with Crippen LogP contribution in [0.2, 0.25) is 123 Å². The van der Waals surface area contributed by atoms with E-state index < -0.39 is 56.5 Å². The molecular formula is C48H81Cl3Si7Ti. The Kier molecular flexibility index (Phi) is 19.1. The van der Waals surface area contributed by atoms with Gasteiger partial charge in [0.1, 0.15) is 8.07 Å². The zero-order chi connectivity index (χ0) is 42.6. The summed E-state index contributed by atoms with van der Waals surface area (Å²) in [6, 6.07) is 16.6. The molecule has 0 saturated heterocycles. The van der Waals surface area contributed by atoms with Crippen LogP contribution >= 0.6 is 0 Å². The first-order valence-corrected chi connectivity index (χ1v) is 44.2. The smallest absolute Gasteiger partial charge is 1.00 e. The molecule has 326 valence electrons.